The topological polar surface area (TPSA) is 95.2 Å². The fourth-order valence-corrected chi connectivity index (χ4v) is 5.03. The molecule has 5 rings (SSSR count). The largest absolute Gasteiger partial charge is 0.378 e. The number of morpholine rings is 1. The zero-order valence-corrected chi connectivity index (χ0v) is 17.6. The highest BCUT2D eigenvalue weighted by Gasteiger charge is 2.22. The first kappa shape index (κ1) is 19.5. The lowest BCUT2D eigenvalue weighted by molar-refractivity contribution is 0.122. The Balaban J connectivity index is 1.52. The number of piperidine rings is 1. The Morgan fingerprint density at radius 3 is 2.77 bits per heavy atom. The first-order valence-electron chi connectivity index (χ1n) is 10.6. The van der Waals surface area contributed by atoms with Gasteiger partial charge in [0.15, 0.2) is 0 Å². The Kier molecular flexibility index (Phi) is 5.65. The minimum absolute atomic E-state index is 0.154. The molecule has 2 saturated heterocycles. The summed E-state index contributed by atoms with van der Waals surface area (Å²) in [6.45, 7) is 5.60. The van der Waals surface area contributed by atoms with E-state index in [1.165, 1.54) is 11.3 Å². The van der Waals surface area contributed by atoms with Crippen molar-refractivity contribution in [2.24, 2.45) is 5.92 Å². The van der Waals surface area contributed by atoms with Crippen LogP contribution in [0.3, 0.4) is 0 Å². The molecule has 2 aliphatic rings. The van der Waals surface area contributed by atoms with E-state index < -0.39 is 0 Å². The second-order valence-corrected chi connectivity index (χ2v) is 8.80. The molecule has 3 aromatic rings. The van der Waals surface area contributed by atoms with Gasteiger partial charge in [-0.2, -0.15) is 4.98 Å². The summed E-state index contributed by atoms with van der Waals surface area (Å²) in [5.74, 6) is 1.79. The monoisotopic (exact) mass is 426 g/mol. The zero-order chi connectivity index (χ0) is 20.3. The van der Waals surface area contributed by atoms with Crippen LogP contribution in [-0.4, -0.2) is 60.9 Å². The van der Waals surface area contributed by atoms with Gasteiger partial charge in [0.25, 0.3) is 5.56 Å². The van der Waals surface area contributed by atoms with Crippen molar-refractivity contribution in [1.29, 1.82) is 0 Å². The molecule has 158 valence electrons. The Morgan fingerprint density at radius 2 is 1.97 bits per heavy atom. The predicted octanol–water partition coefficient (Wildman–Crippen LogP) is 2.29. The number of aromatic nitrogens is 3. The van der Waals surface area contributed by atoms with Crippen LogP contribution in [0.1, 0.15) is 12.8 Å². The van der Waals surface area contributed by atoms with E-state index in [-0.39, 0.29) is 5.56 Å². The van der Waals surface area contributed by atoms with Crippen LogP contribution >= 0.6 is 11.3 Å². The van der Waals surface area contributed by atoms with E-state index in [1.807, 2.05) is 24.3 Å². The maximum atomic E-state index is 13.2. The lowest BCUT2D eigenvalue weighted by Gasteiger charge is -2.28. The number of H-pyrrole nitrogens is 1. The number of hydrogen-bond donors (Lipinski definition) is 3. The van der Waals surface area contributed by atoms with Gasteiger partial charge >= 0.3 is 0 Å². The van der Waals surface area contributed by atoms with Crippen LogP contribution in [0.25, 0.3) is 20.8 Å². The standard InChI is InChI=1S/C21H26N6O2S/c28-19-17(20-24-15-3-1-2-4-16(15)30-20)18(23-13-14-5-7-22-8-6-14)25-21(26-19)27-9-11-29-12-10-27/h1-4,14,22H,5-13H2,(H2,23,25,26,28). The number of ether oxygens (including phenoxy) is 1. The second-order valence-electron chi connectivity index (χ2n) is 7.77. The first-order valence-corrected chi connectivity index (χ1v) is 11.4. The smallest absolute Gasteiger partial charge is 0.264 e. The summed E-state index contributed by atoms with van der Waals surface area (Å²) in [7, 11) is 0. The van der Waals surface area contributed by atoms with Crippen LogP contribution in [0.4, 0.5) is 11.8 Å². The van der Waals surface area contributed by atoms with E-state index in [2.05, 4.69) is 20.5 Å². The SMILES string of the molecule is O=c1[nH]c(N2CCOCC2)nc(NCC2CCNCC2)c1-c1nc2ccccc2s1. The van der Waals surface area contributed by atoms with Crippen molar-refractivity contribution in [2.45, 2.75) is 12.8 Å². The third-order valence-electron chi connectivity index (χ3n) is 5.74. The van der Waals surface area contributed by atoms with Crippen molar-refractivity contribution >= 4 is 33.3 Å². The highest BCUT2D eigenvalue weighted by Crippen LogP contribution is 2.32. The van der Waals surface area contributed by atoms with Gasteiger partial charge in [-0.3, -0.25) is 9.78 Å². The summed E-state index contributed by atoms with van der Waals surface area (Å²) in [5.41, 5.74) is 1.28. The van der Waals surface area contributed by atoms with E-state index in [4.69, 9.17) is 14.7 Å². The summed E-state index contributed by atoms with van der Waals surface area (Å²) in [6, 6.07) is 7.96. The Bertz CT molecular complexity index is 1040. The number of para-hydroxylation sites is 1. The molecule has 1 aromatic carbocycles. The lowest BCUT2D eigenvalue weighted by Crippen LogP contribution is -2.38. The maximum Gasteiger partial charge on any atom is 0.264 e. The van der Waals surface area contributed by atoms with Crippen molar-refractivity contribution in [3.8, 4) is 10.6 Å². The molecule has 0 aliphatic carbocycles. The molecule has 0 spiro atoms. The highest BCUT2D eigenvalue weighted by molar-refractivity contribution is 7.21. The van der Waals surface area contributed by atoms with Crippen molar-refractivity contribution in [3.63, 3.8) is 0 Å². The van der Waals surface area contributed by atoms with Gasteiger partial charge < -0.3 is 20.3 Å². The first-order chi connectivity index (χ1) is 14.8. The number of aromatic amines is 1. The van der Waals surface area contributed by atoms with Gasteiger partial charge in [-0.1, -0.05) is 12.1 Å². The molecule has 8 nitrogen and oxygen atoms in total. The molecule has 0 atom stereocenters. The van der Waals surface area contributed by atoms with E-state index in [1.54, 1.807) is 0 Å². The zero-order valence-electron chi connectivity index (χ0n) is 16.8. The maximum absolute atomic E-state index is 13.2. The molecule has 0 amide bonds. The molecule has 0 bridgehead atoms. The van der Waals surface area contributed by atoms with E-state index in [0.29, 0.717) is 41.5 Å². The molecule has 3 N–H and O–H groups in total. The number of rotatable bonds is 5. The molecule has 2 fully saturated rings. The van der Waals surface area contributed by atoms with Gasteiger partial charge in [0, 0.05) is 19.6 Å². The molecule has 0 radical (unpaired) electrons. The normalized spacial score (nSPS) is 18.1. The minimum Gasteiger partial charge on any atom is -0.378 e. The number of nitrogens with zero attached hydrogens (tertiary/aromatic N) is 3. The van der Waals surface area contributed by atoms with Crippen LogP contribution in [0.2, 0.25) is 0 Å². The van der Waals surface area contributed by atoms with Crippen molar-refractivity contribution in [2.75, 3.05) is 56.2 Å². The fraction of sp³-hybridized carbons (Fsp3) is 0.476. The number of anilines is 2. The van der Waals surface area contributed by atoms with Crippen molar-refractivity contribution in [1.82, 2.24) is 20.3 Å². The molecule has 0 saturated carbocycles. The van der Waals surface area contributed by atoms with Crippen molar-refractivity contribution in [3.05, 3.63) is 34.6 Å². The highest BCUT2D eigenvalue weighted by atomic mass is 32.1. The Hall–Kier alpha value is -2.49. The molecule has 2 aromatic heterocycles. The van der Waals surface area contributed by atoms with Gasteiger partial charge in [0.1, 0.15) is 16.4 Å². The average molecular weight is 427 g/mol. The van der Waals surface area contributed by atoms with Crippen LogP contribution in [0.15, 0.2) is 29.1 Å². The van der Waals surface area contributed by atoms with Crippen molar-refractivity contribution < 1.29 is 4.74 Å². The molecule has 30 heavy (non-hydrogen) atoms. The summed E-state index contributed by atoms with van der Waals surface area (Å²) >= 11 is 1.53. The van der Waals surface area contributed by atoms with E-state index >= 15 is 0 Å². The Morgan fingerprint density at radius 1 is 1.17 bits per heavy atom. The number of benzene rings is 1. The fourth-order valence-electron chi connectivity index (χ4n) is 4.02. The third-order valence-corrected chi connectivity index (χ3v) is 6.80. The van der Waals surface area contributed by atoms with Crippen LogP contribution in [0, 0.1) is 5.92 Å². The lowest BCUT2D eigenvalue weighted by atomic mass is 9.98. The molecular weight excluding hydrogens is 400 g/mol. The van der Waals surface area contributed by atoms with E-state index in [9.17, 15) is 4.79 Å². The summed E-state index contributed by atoms with van der Waals surface area (Å²) in [6.07, 6.45) is 2.26. The summed E-state index contributed by atoms with van der Waals surface area (Å²) < 4.78 is 6.51. The molecule has 0 unspecified atom stereocenters. The molecule has 2 aliphatic heterocycles. The van der Waals surface area contributed by atoms with Crippen LogP contribution in [-0.2, 0) is 4.74 Å². The summed E-state index contributed by atoms with van der Waals surface area (Å²) in [4.78, 5) is 27.8. The van der Waals surface area contributed by atoms with Crippen LogP contribution < -0.4 is 21.1 Å². The van der Waals surface area contributed by atoms with Gasteiger partial charge in [0.2, 0.25) is 5.95 Å². The van der Waals surface area contributed by atoms with Gasteiger partial charge in [-0.05, 0) is 44.0 Å². The average Bonchev–Trinajstić information content (AvgIpc) is 3.22. The van der Waals surface area contributed by atoms with Gasteiger partial charge in [0.05, 0.1) is 23.4 Å². The molecule has 4 heterocycles. The third kappa shape index (κ3) is 4.05. The number of nitrogens with one attached hydrogen (secondary N) is 3. The second kappa shape index (κ2) is 8.71. The minimum atomic E-state index is -0.154. The quantitative estimate of drug-likeness (QED) is 0.576. The van der Waals surface area contributed by atoms with Crippen LogP contribution in [0.5, 0.6) is 0 Å². The molecule has 9 heteroatoms. The predicted molar refractivity (Wildman–Crippen MR) is 121 cm³/mol. The van der Waals surface area contributed by atoms with Gasteiger partial charge in [-0.15, -0.1) is 11.3 Å². The number of fused-ring (bicyclic) bond motifs is 1. The van der Waals surface area contributed by atoms with Gasteiger partial charge in [-0.25, -0.2) is 4.98 Å². The Labute approximate surface area is 178 Å². The van der Waals surface area contributed by atoms with E-state index in [0.717, 1.165) is 55.8 Å². The number of thiazole rings is 1. The molecular formula is C21H26N6O2S. The summed E-state index contributed by atoms with van der Waals surface area (Å²) in [5, 5.41) is 7.60. The number of hydrogen-bond acceptors (Lipinski definition) is 8.